The van der Waals surface area contributed by atoms with Gasteiger partial charge in [0.25, 0.3) is 0 Å². The Morgan fingerprint density at radius 2 is 0.875 bits per heavy atom. The summed E-state index contributed by atoms with van der Waals surface area (Å²) in [6, 6.07) is 44.2. The standard InChI is InChI=1S/C26H24P2.C5H7O.C5H9.Pt/c1-5-13-23(14-6-1)27(24-15-7-2-8-16-24)21-22-28(25-17-9-3-10-18-25)26-19-11-4-12-20-26;1-2-3-4-5-6;1-3-5-4-2;/h1-20H,21-22H2;2H,1,3-4H2;3H,1-2,4-5H2;/q;2*-1;+2. The Bertz CT molecular complexity index is 999. The van der Waals surface area contributed by atoms with Gasteiger partial charge in [0, 0.05) is 0 Å². The summed E-state index contributed by atoms with van der Waals surface area (Å²) in [5.41, 5.74) is 0. The molecule has 4 aromatic carbocycles. The van der Waals surface area contributed by atoms with Crippen LogP contribution in [0.25, 0.3) is 0 Å². The fraction of sp³-hybridized carbons (Fsp3) is 0.167. The SMILES string of the molecule is C=CCC[C-]=O.C=CCC[CH2-].[Pt+2].c1ccc(P(CCP(c2ccccc2)c2ccccc2)c2ccccc2)cc1. The van der Waals surface area contributed by atoms with E-state index in [4.69, 9.17) is 0 Å². The largest absolute Gasteiger partial charge is 2.00 e. The number of hydrogen-bond donors (Lipinski definition) is 0. The van der Waals surface area contributed by atoms with Gasteiger partial charge in [0.2, 0.25) is 0 Å². The molecular weight excluding hydrogens is 705 g/mol. The van der Waals surface area contributed by atoms with Crippen LogP contribution in [0.15, 0.2) is 147 Å². The Morgan fingerprint density at radius 3 is 1.05 bits per heavy atom. The fourth-order valence-electron chi connectivity index (χ4n) is 3.75. The summed E-state index contributed by atoms with van der Waals surface area (Å²) in [6.45, 7) is 10.5. The molecule has 0 fully saturated rings. The Balaban J connectivity index is 0.000000569. The smallest absolute Gasteiger partial charge is 0.542 e. The van der Waals surface area contributed by atoms with Crippen molar-refractivity contribution >= 4 is 43.3 Å². The normalized spacial score (nSPS) is 9.78. The molecule has 0 saturated carbocycles. The van der Waals surface area contributed by atoms with E-state index in [1.807, 2.05) is 6.08 Å². The van der Waals surface area contributed by atoms with Gasteiger partial charge in [-0.3, -0.25) is 6.29 Å². The molecule has 0 aliphatic carbocycles. The number of rotatable bonds is 12. The molecule has 4 heteroatoms. The Kier molecular flexibility index (Phi) is 20.7. The molecule has 0 N–H and O–H groups in total. The molecule has 0 spiro atoms. The summed E-state index contributed by atoms with van der Waals surface area (Å²) in [5, 5.41) is 5.89. The van der Waals surface area contributed by atoms with Crippen molar-refractivity contribution in [1.29, 1.82) is 0 Å². The topological polar surface area (TPSA) is 17.1 Å². The van der Waals surface area contributed by atoms with Crippen molar-refractivity contribution in [2.45, 2.75) is 25.7 Å². The first-order valence-electron chi connectivity index (χ1n) is 13.4. The Morgan fingerprint density at radius 1 is 0.575 bits per heavy atom. The summed E-state index contributed by atoms with van der Waals surface area (Å²) in [5.74, 6) is 0. The summed E-state index contributed by atoms with van der Waals surface area (Å²) in [6.07, 6.45) is 11.0. The third-order valence-corrected chi connectivity index (χ3v) is 11.1. The third-order valence-electron chi connectivity index (χ3n) is 5.68. The molecule has 0 aromatic heterocycles. The summed E-state index contributed by atoms with van der Waals surface area (Å²) >= 11 is 0. The van der Waals surface area contributed by atoms with E-state index >= 15 is 0 Å². The van der Waals surface area contributed by atoms with Gasteiger partial charge in [-0.1, -0.05) is 146 Å². The van der Waals surface area contributed by atoms with Crippen molar-refractivity contribution in [3.63, 3.8) is 0 Å². The van der Waals surface area contributed by atoms with Crippen LogP contribution in [0.1, 0.15) is 25.7 Å². The van der Waals surface area contributed by atoms with Crippen molar-refractivity contribution < 1.29 is 25.9 Å². The molecular formula is C36H40OP2Pt. The van der Waals surface area contributed by atoms with E-state index < -0.39 is 0 Å². The molecule has 40 heavy (non-hydrogen) atoms. The predicted octanol–water partition coefficient (Wildman–Crippen LogP) is 8.10. The van der Waals surface area contributed by atoms with Crippen molar-refractivity contribution in [3.05, 3.63) is 154 Å². The first-order chi connectivity index (χ1) is 19.2. The van der Waals surface area contributed by atoms with Gasteiger partial charge in [-0.2, -0.15) is 6.42 Å². The maximum Gasteiger partial charge on any atom is 2.00 e. The maximum atomic E-state index is 9.39. The van der Waals surface area contributed by atoms with E-state index in [0.29, 0.717) is 6.42 Å². The molecule has 0 aliphatic rings. The van der Waals surface area contributed by atoms with Gasteiger partial charge in [-0.05, 0) is 49.4 Å². The molecule has 1 nitrogen and oxygen atoms in total. The van der Waals surface area contributed by atoms with E-state index in [-0.39, 0.29) is 36.9 Å². The number of unbranched alkanes of at least 4 members (excludes halogenated alkanes) is 2. The van der Waals surface area contributed by atoms with Crippen LogP contribution >= 0.6 is 15.8 Å². The molecule has 4 aromatic rings. The van der Waals surface area contributed by atoms with Crippen LogP contribution in [0.2, 0.25) is 0 Å². The average molecular weight is 746 g/mol. The van der Waals surface area contributed by atoms with Gasteiger partial charge in [0.05, 0.1) is 0 Å². The first kappa shape index (κ1) is 35.6. The van der Waals surface area contributed by atoms with Crippen LogP contribution in [0.5, 0.6) is 0 Å². The van der Waals surface area contributed by atoms with Gasteiger partial charge in [0.1, 0.15) is 0 Å². The molecule has 210 valence electrons. The fourth-order valence-corrected chi connectivity index (χ4v) is 9.11. The monoisotopic (exact) mass is 745 g/mol. The van der Waals surface area contributed by atoms with Crippen molar-refractivity contribution in [2.75, 3.05) is 12.3 Å². The van der Waals surface area contributed by atoms with Crippen LogP contribution in [0.3, 0.4) is 0 Å². The summed E-state index contributed by atoms with van der Waals surface area (Å²) in [7, 11) is -0.696. The van der Waals surface area contributed by atoms with Crippen LogP contribution in [0.4, 0.5) is 0 Å². The minimum atomic E-state index is -0.348. The number of carbonyl (C=O) groups excluding carboxylic acids is 1. The van der Waals surface area contributed by atoms with Gasteiger partial charge >= 0.3 is 21.1 Å². The van der Waals surface area contributed by atoms with E-state index in [2.05, 4.69) is 141 Å². The van der Waals surface area contributed by atoms with E-state index in [0.717, 1.165) is 19.3 Å². The van der Waals surface area contributed by atoms with Crippen molar-refractivity contribution in [2.24, 2.45) is 0 Å². The zero-order valence-electron chi connectivity index (χ0n) is 23.2. The Labute approximate surface area is 259 Å². The molecule has 0 saturated heterocycles. The molecule has 0 unspecified atom stereocenters. The third kappa shape index (κ3) is 13.8. The van der Waals surface area contributed by atoms with Crippen LogP contribution in [-0.4, -0.2) is 18.6 Å². The maximum absolute atomic E-state index is 9.39. The molecule has 0 atom stereocenters. The predicted molar refractivity (Wildman–Crippen MR) is 178 cm³/mol. The summed E-state index contributed by atoms with van der Waals surface area (Å²) in [4.78, 5) is 9.39. The number of allylic oxidation sites excluding steroid dienone is 2. The number of benzene rings is 4. The molecule has 0 aliphatic heterocycles. The van der Waals surface area contributed by atoms with Gasteiger partial charge in [0.15, 0.2) is 0 Å². The van der Waals surface area contributed by atoms with Crippen LogP contribution in [-0.2, 0) is 25.9 Å². The molecule has 0 heterocycles. The van der Waals surface area contributed by atoms with Gasteiger partial charge in [-0.15, -0.1) is 19.6 Å². The zero-order valence-corrected chi connectivity index (χ0v) is 27.2. The van der Waals surface area contributed by atoms with Crippen LogP contribution < -0.4 is 21.2 Å². The van der Waals surface area contributed by atoms with E-state index in [1.165, 1.54) is 33.5 Å². The first-order valence-corrected chi connectivity index (χ1v) is 16.4. The molecule has 0 radical (unpaired) electrons. The minimum absolute atomic E-state index is 0. The second-order valence-corrected chi connectivity index (χ2v) is 13.2. The van der Waals surface area contributed by atoms with Crippen molar-refractivity contribution in [3.8, 4) is 0 Å². The van der Waals surface area contributed by atoms with E-state index in [1.54, 1.807) is 12.4 Å². The number of hydrogen-bond acceptors (Lipinski definition) is 1. The van der Waals surface area contributed by atoms with Crippen LogP contribution in [0, 0.1) is 6.92 Å². The molecule has 0 amide bonds. The van der Waals surface area contributed by atoms with E-state index in [9.17, 15) is 4.79 Å². The second-order valence-electron chi connectivity index (χ2n) is 8.55. The summed E-state index contributed by atoms with van der Waals surface area (Å²) < 4.78 is 0. The minimum Gasteiger partial charge on any atom is -0.542 e. The zero-order chi connectivity index (χ0) is 28.0. The Hall–Kier alpha value is -2.42. The second kappa shape index (κ2) is 23.3. The quantitative estimate of drug-likeness (QED) is 0.0621. The van der Waals surface area contributed by atoms with Crippen molar-refractivity contribution in [1.82, 2.24) is 0 Å². The molecule has 4 rings (SSSR count). The molecule has 0 bridgehead atoms. The van der Waals surface area contributed by atoms with Gasteiger partial charge in [-0.25, -0.2) is 0 Å². The van der Waals surface area contributed by atoms with Gasteiger partial charge < -0.3 is 11.7 Å². The average Bonchev–Trinajstić information content (AvgIpc) is 3.01.